The van der Waals surface area contributed by atoms with E-state index in [-0.39, 0.29) is 6.71 Å². The van der Waals surface area contributed by atoms with Gasteiger partial charge in [-0.3, -0.25) is 0 Å². The molecule has 0 radical (unpaired) electrons. The maximum atomic E-state index is 5.36. The lowest BCUT2D eigenvalue weighted by atomic mass is 9.37. The molecule has 0 fully saturated rings. The normalized spacial score (nSPS) is 12.7. The van der Waals surface area contributed by atoms with E-state index < -0.39 is 0 Å². The highest BCUT2D eigenvalue weighted by molar-refractivity contribution is 7.01. The largest absolute Gasteiger partial charge is 0.248 e. The summed E-state index contributed by atoms with van der Waals surface area (Å²) in [6.45, 7) is 13.5. The first-order valence-corrected chi connectivity index (χ1v) is 14.3. The van der Waals surface area contributed by atoms with E-state index in [2.05, 4.69) is 125 Å². The van der Waals surface area contributed by atoms with Gasteiger partial charge in [-0.25, -0.2) is 4.68 Å². The van der Waals surface area contributed by atoms with Gasteiger partial charge in [-0.2, -0.15) is 5.10 Å². The van der Waals surface area contributed by atoms with Crippen LogP contribution in [0, 0.1) is 41.5 Å². The molecule has 0 N–H and O–H groups in total. The summed E-state index contributed by atoms with van der Waals surface area (Å²) in [5.74, 6) is 0. The van der Waals surface area contributed by atoms with E-state index in [0.717, 1.165) is 5.69 Å². The topological polar surface area (TPSA) is 17.8 Å². The summed E-state index contributed by atoms with van der Waals surface area (Å²) in [4.78, 5) is 0. The Hall–Kier alpha value is -4.37. The van der Waals surface area contributed by atoms with Gasteiger partial charge < -0.3 is 0 Å². The van der Waals surface area contributed by atoms with Crippen LogP contribution >= 0.6 is 0 Å². The predicted octanol–water partition coefficient (Wildman–Crippen LogP) is 7.02. The van der Waals surface area contributed by atoms with Gasteiger partial charge in [0.15, 0.2) is 0 Å². The molecule has 1 aromatic heterocycles. The number of fused-ring (bicyclic) bond motifs is 5. The summed E-state index contributed by atoms with van der Waals surface area (Å²) in [5, 5.41) is 6.60. The van der Waals surface area contributed by atoms with Crippen molar-refractivity contribution in [3.05, 3.63) is 112 Å². The first-order chi connectivity index (χ1) is 19.3. The number of hydrogen-bond acceptors (Lipinski definition) is 1. The Kier molecular flexibility index (Phi) is 4.75. The van der Waals surface area contributed by atoms with E-state index >= 15 is 0 Å². The molecule has 8 rings (SSSR count). The lowest BCUT2D eigenvalue weighted by molar-refractivity contribution is 0.919. The fourth-order valence-corrected chi connectivity index (χ4v) is 7.93. The molecule has 5 aromatic carbocycles. The number of nitrogens with zero attached hydrogens (tertiary/aromatic N) is 2. The Morgan fingerprint density at radius 2 is 1.25 bits per heavy atom. The Morgan fingerprint density at radius 1 is 0.600 bits per heavy atom. The second kappa shape index (κ2) is 8.08. The standard InChI is InChI=1S/C37H31BN2/c1-20-15-22(3)33(23(4)16-20)26-13-14-27-28-9-8-12-32-35(28)38(31(27)19-26)30-11-7-10-29-36(39-40(32)37(29)30)34-24(5)17-21(2)18-25(34)6/h7-19H,1-6H3. The molecular formula is C37H31BN2. The fourth-order valence-electron chi connectivity index (χ4n) is 7.93. The zero-order chi connectivity index (χ0) is 27.4. The number of hydrogen-bond donors (Lipinski definition) is 0. The van der Waals surface area contributed by atoms with Crippen molar-refractivity contribution in [1.29, 1.82) is 0 Å². The number of aromatic nitrogens is 2. The first kappa shape index (κ1) is 23.5. The summed E-state index contributed by atoms with van der Waals surface area (Å²) >= 11 is 0. The van der Waals surface area contributed by atoms with Gasteiger partial charge >= 0.3 is 0 Å². The summed E-state index contributed by atoms with van der Waals surface area (Å²) in [5.41, 5.74) is 22.1. The molecule has 0 spiro atoms. The van der Waals surface area contributed by atoms with Crippen LogP contribution in [0.15, 0.2) is 78.9 Å². The third-order valence-electron chi connectivity index (χ3n) is 9.18. The van der Waals surface area contributed by atoms with Gasteiger partial charge in [-0.05, 0) is 103 Å². The Balaban J connectivity index is 1.41. The monoisotopic (exact) mass is 514 g/mol. The van der Waals surface area contributed by atoms with Gasteiger partial charge in [0.1, 0.15) is 5.69 Å². The molecule has 0 aliphatic carbocycles. The fraction of sp³-hybridized carbons (Fsp3) is 0.162. The molecule has 6 aromatic rings. The van der Waals surface area contributed by atoms with Gasteiger partial charge in [0, 0.05) is 10.9 Å². The molecule has 0 atom stereocenters. The zero-order valence-electron chi connectivity index (χ0n) is 24.0. The molecule has 0 amide bonds. The van der Waals surface area contributed by atoms with Crippen LogP contribution in [0.2, 0.25) is 0 Å². The highest BCUT2D eigenvalue weighted by Crippen LogP contribution is 2.38. The van der Waals surface area contributed by atoms with Crippen molar-refractivity contribution in [2.75, 3.05) is 0 Å². The molecule has 192 valence electrons. The predicted molar refractivity (Wildman–Crippen MR) is 170 cm³/mol. The van der Waals surface area contributed by atoms with E-state index in [0.29, 0.717) is 0 Å². The van der Waals surface area contributed by atoms with Crippen LogP contribution in [0.1, 0.15) is 33.4 Å². The van der Waals surface area contributed by atoms with Crippen LogP contribution in [-0.2, 0) is 0 Å². The van der Waals surface area contributed by atoms with Crippen molar-refractivity contribution in [3.63, 3.8) is 0 Å². The number of benzene rings is 5. The summed E-state index contributed by atoms with van der Waals surface area (Å²) in [6.07, 6.45) is 0. The van der Waals surface area contributed by atoms with Crippen LogP contribution in [0.5, 0.6) is 0 Å². The second-order valence-electron chi connectivity index (χ2n) is 12.0. The second-order valence-corrected chi connectivity index (χ2v) is 12.0. The Labute approximate surface area is 236 Å². The highest BCUT2D eigenvalue weighted by Gasteiger charge is 2.41. The van der Waals surface area contributed by atoms with Crippen LogP contribution in [0.25, 0.3) is 50.1 Å². The Morgan fingerprint density at radius 3 is 1.95 bits per heavy atom. The third kappa shape index (κ3) is 3.04. The minimum absolute atomic E-state index is 0.202. The maximum absolute atomic E-state index is 5.36. The molecule has 40 heavy (non-hydrogen) atoms. The SMILES string of the molecule is Cc1cc(C)c(-c2ccc3c(c2)B2c4c-3cccc4-n3nc(-c4c(C)cc(C)cc4C)c4cccc2c43)c(C)c1. The summed E-state index contributed by atoms with van der Waals surface area (Å²) < 4.78 is 2.23. The van der Waals surface area contributed by atoms with Gasteiger partial charge in [0.25, 0.3) is 0 Å². The summed E-state index contributed by atoms with van der Waals surface area (Å²) in [7, 11) is 0. The van der Waals surface area contributed by atoms with Crippen molar-refractivity contribution >= 4 is 34.0 Å². The molecule has 2 aliphatic heterocycles. The maximum Gasteiger partial charge on any atom is 0.248 e. The van der Waals surface area contributed by atoms with Crippen molar-refractivity contribution in [2.45, 2.75) is 41.5 Å². The van der Waals surface area contributed by atoms with Gasteiger partial charge in [0.05, 0.1) is 11.2 Å². The molecule has 0 unspecified atom stereocenters. The molecule has 0 bridgehead atoms. The van der Waals surface area contributed by atoms with Crippen LogP contribution in [-0.4, -0.2) is 16.5 Å². The van der Waals surface area contributed by atoms with Crippen LogP contribution < -0.4 is 16.4 Å². The zero-order valence-corrected chi connectivity index (χ0v) is 24.0. The number of rotatable bonds is 2. The molecule has 2 aliphatic rings. The average molecular weight is 514 g/mol. The van der Waals surface area contributed by atoms with Gasteiger partial charge in [-0.15, -0.1) is 0 Å². The molecule has 2 nitrogen and oxygen atoms in total. The average Bonchev–Trinajstić information content (AvgIpc) is 3.44. The van der Waals surface area contributed by atoms with Crippen LogP contribution in [0.3, 0.4) is 0 Å². The van der Waals surface area contributed by atoms with Crippen molar-refractivity contribution < 1.29 is 0 Å². The van der Waals surface area contributed by atoms with Gasteiger partial charge in [-0.1, -0.05) is 89.4 Å². The molecular weight excluding hydrogens is 483 g/mol. The summed E-state index contributed by atoms with van der Waals surface area (Å²) in [6, 6.07) is 29.9. The van der Waals surface area contributed by atoms with Crippen LogP contribution in [0.4, 0.5) is 0 Å². The van der Waals surface area contributed by atoms with Crippen molar-refractivity contribution in [2.24, 2.45) is 0 Å². The molecule has 0 saturated carbocycles. The number of aryl methyl sites for hydroxylation is 6. The lowest BCUT2D eigenvalue weighted by Gasteiger charge is -2.22. The van der Waals surface area contributed by atoms with E-state index in [1.165, 1.54) is 94.2 Å². The first-order valence-electron chi connectivity index (χ1n) is 14.3. The Bertz CT molecular complexity index is 2030. The van der Waals surface area contributed by atoms with Crippen molar-refractivity contribution in [3.8, 4) is 39.2 Å². The smallest absolute Gasteiger partial charge is 0.233 e. The number of para-hydroxylation sites is 1. The van der Waals surface area contributed by atoms with E-state index in [9.17, 15) is 0 Å². The van der Waals surface area contributed by atoms with E-state index in [4.69, 9.17) is 5.10 Å². The quantitative estimate of drug-likeness (QED) is 0.227. The highest BCUT2D eigenvalue weighted by atomic mass is 15.3. The molecule has 3 heterocycles. The van der Waals surface area contributed by atoms with Crippen molar-refractivity contribution in [1.82, 2.24) is 9.78 Å². The molecule has 3 heteroatoms. The third-order valence-corrected chi connectivity index (χ3v) is 9.18. The minimum Gasteiger partial charge on any atom is -0.233 e. The minimum atomic E-state index is 0.202. The van der Waals surface area contributed by atoms with E-state index in [1.807, 2.05) is 0 Å². The molecule has 0 saturated heterocycles. The van der Waals surface area contributed by atoms with E-state index in [1.54, 1.807) is 0 Å². The lowest BCUT2D eigenvalue weighted by Crippen LogP contribution is -2.53. The van der Waals surface area contributed by atoms with Gasteiger partial charge in [0.2, 0.25) is 6.71 Å².